The van der Waals surface area contributed by atoms with Crippen molar-refractivity contribution in [1.82, 2.24) is 9.55 Å². The number of rotatable bonds is 7. The highest BCUT2D eigenvalue weighted by atomic mass is 19.3. The number of nitrogens with zero attached hydrogens (tertiary/aromatic N) is 2. The molecule has 1 aromatic heterocycles. The van der Waals surface area contributed by atoms with Gasteiger partial charge in [0.25, 0.3) is 0 Å². The molecule has 0 bridgehead atoms. The molecular weight excluding hydrogens is 374 g/mol. The van der Waals surface area contributed by atoms with Crippen LogP contribution in [0, 0.1) is 0 Å². The number of carbonyl (C=O) groups is 2. The number of ether oxygens (including phenoxy) is 1. The van der Waals surface area contributed by atoms with Crippen LogP contribution in [0.3, 0.4) is 0 Å². The second kappa shape index (κ2) is 8.04. The van der Waals surface area contributed by atoms with Gasteiger partial charge in [0.15, 0.2) is 6.10 Å². The summed E-state index contributed by atoms with van der Waals surface area (Å²) in [5, 5.41) is 29.3. The molecule has 1 unspecified atom stereocenters. The molecule has 2 rings (SSSR count). The highest BCUT2D eigenvalue weighted by Gasteiger charge is 2.59. The molecule has 0 aliphatic carbocycles. The quantitative estimate of drug-likeness (QED) is 0.360. The van der Waals surface area contributed by atoms with E-state index in [0.717, 1.165) is 12.3 Å². The van der Waals surface area contributed by atoms with Gasteiger partial charge in [-0.3, -0.25) is 14.2 Å². The average molecular weight is 392 g/mol. The molecule has 0 saturated carbocycles. The SMILES string of the molecule is NC(CCC(=O)Nc1ccn([C@@H]2O[C@H](CO)[C@H](O)C2(F)F)c(=O)n1)C(=O)O. The first-order valence-corrected chi connectivity index (χ1v) is 7.77. The molecule has 6 N–H and O–H groups in total. The first-order valence-electron chi connectivity index (χ1n) is 7.77. The summed E-state index contributed by atoms with van der Waals surface area (Å²) in [5.74, 6) is -6.04. The zero-order valence-electron chi connectivity index (χ0n) is 13.8. The normalized spacial score (nSPS) is 25.1. The fourth-order valence-electron chi connectivity index (χ4n) is 2.39. The Balaban J connectivity index is 2.09. The minimum Gasteiger partial charge on any atom is -0.480 e. The number of carbonyl (C=O) groups excluding carboxylic acids is 1. The molecule has 11 nitrogen and oxygen atoms in total. The Hall–Kier alpha value is -2.48. The van der Waals surface area contributed by atoms with E-state index < -0.39 is 54.6 Å². The van der Waals surface area contributed by atoms with Crippen molar-refractivity contribution in [2.75, 3.05) is 11.9 Å². The van der Waals surface area contributed by atoms with E-state index in [1.807, 2.05) is 0 Å². The molecule has 4 atom stereocenters. The summed E-state index contributed by atoms with van der Waals surface area (Å²) in [6, 6.07) is -0.182. The van der Waals surface area contributed by atoms with Crippen LogP contribution in [0.15, 0.2) is 17.1 Å². The number of hydrogen-bond donors (Lipinski definition) is 5. The zero-order valence-corrected chi connectivity index (χ0v) is 13.8. The molecule has 0 radical (unpaired) electrons. The molecule has 27 heavy (non-hydrogen) atoms. The Bertz CT molecular complexity index is 772. The number of aliphatic hydroxyl groups excluding tert-OH is 2. The first-order chi connectivity index (χ1) is 12.6. The molecule has 2 heterocycles. The van der Waals surface area contributed by atoms with E-state index in [1.165, 1.54) is 0 Å². The molecule has 1 fully saturated rings. The lowest BCUT2D eigenvalue weighted by Gasteiger charge is -2.21. The molecule has 1 saturated heterocycles. The number of alkyl halides is 2. The fourth-order valence-corrected chi connectivity index (χ4v) is 2.39. The molecule has 1 aliphatic rings. The Morgan fingerprint density at radius 3 is 2.67 bits per heavy atom. The number of aliphatic carboxylic acids is 1. The summed E-state index contributed by atoms with van der Waals surface area (Å²) in [7, 11) is 0. The number of carboxylic acids is 1. The summed E-state index contributed by atoms with van der Waals surface area (Å²) in [4.78, 5) is 37.7. The summed E-state index contributed by atoms with van der Waals surface area (Å²) in [6.45, 7) is -0.873. The van der Waals surface area contributed by atoms with Crippen molar-refractivity contribution in [2.24, 2.45) is 5.73 Å². The Morgan fingerprint density at radius 2 is 2.15 bits per heavy atom. The third-order valence-electron chi connectivity index (χ3n) is 3.91. The monoisotopic (exact) mass is 392 g/mol. The number of aromatic nitrogens is 2. The predicted molar refractivity (Wildman–Crippen MR) is 83.9 cm³/mol. The van der Waals surface area contributed by atoms with Crippen LogP contribution in [0.25, 0.3) is 0 Å². The van der Waals surface area contributed by atoms with Crippen molar-refractivity contribution in [3.05, 3.63) is 22.7 Å². The summed E-state index contributed by atoms with van der Waals surface area (Å²) in [5.41, 5.74) is 4.07. The number of hydrogen-bond acceptors (Lipinski definition) is 8. The highest BCUT2D eigenvalue weighted by Crippen LogP contribution is 2.41. The molecule has 1 aromatic rings. The van der Waals surface area contributed by atoms with E-state index in [1.54, 1.807) is 0 Å². The standard InChI is InChI=1S/C14H18F2N4O7/c15-14(16)10(23)7(5-21)27-12(14)20-4-3-8(19-13(20)26)18-9(22)2-1-6(17)11(24)25/h3-4,6-7,10,12,21,23H,1-2,5,17H2,(H,24,25)(H,18,19,22,26)/t6?,7-,10+,12-/m1/s1. The Kier molecular flexibility index (Phi) is 6.20. The molecule has 1 amide bonds. The summed E-state index contributed by atoms with van der Waals surface area (Å²) in [6.07, 6.45) is -5.58. The molecule has 1 aliphatic heterocycles. The predicted octanol–water partition coefficient (Wildman–Crippen LogP) is -1.74. The van der Waals surface area contributed by atoms with Crippen LogP contribution in [0.1, 0.15) is 19.1 Å². The van der Waals surface area contributed by atoms with E-state index in [0.29, 0.717) is 4.57 Å². The second-order valence-corrected chi connectivity index (χ2v) is 5.86. The number of halogens is 2. The van der Waals surface area contributed by atoms with Crippen molar-refractivity contribution in [1.29, 1.82) is 0 Å². The number of aliphatic hydroxyl groups is 2. The van der Waals surface area contributed by atoms with Crippen LogP contribution < -0.4 is 16.7 Å². The smallest absolute Gasteiger partial charge is 0.351 e. The lowest BCUT2D eigenvalue weighted by Crippen LogP contribution is -2.41. The van der Waals surface area contributed by atoms with Gasteiger partial charge < -0.3 is 31.1 Å². The number of anilines is 1. The van der Waals surface area contributed by atoms with E-state index in [4.69, 9.17) is 20.7 Å². The maximum atomic E-state index is 14.1. The molecular formula is C14H18F2N4O7. The van der Waals surface area contributed by atoms with Gasteiger partial charge in [-0.2, -0.15) is 13.8 Å². The molecule has 0 spiro atoms. The van der Waals surface area contributed by atoms with Crippen molar-refractivity contribution in [3.8, 4) is 0 Å². The lowest BCUT2D eigenvalue weighted by molar-refractivity contribution is -0.141. The fraction of sp³-hybridized carbons (Fsp3) is 0.571. The van der Waals surface area contributed by atoms with Gasteiger partial charge in [0, 0.05) is 12.6 Å². The van der Waals surface area contributed by atoms with Crippen LogP contribution in [0.2, 0.25) is 0 Å². The van der Waals surface area contributed by atoms with Gasteiger partial charge in [-0.1, -0.05) is 0 Å². The zero-order chi connectivity index (χ0) is 20.4. The van der Waals surface area contributed by atoms with Gasteiger partial charge in [0.1, 0.15) is 18.0 Å². The van der Waals surface area contributed by atoms with E-state index in [2.05, 4.69) is 10.3 Å². The van der Waals surface area contributed by atoms with Crippen LogP contribution in [0.4, 0.5) is 14.6 Å². The van der Waals surface area contributed by atoms with Gasteiger partial charge in [0.05, 0.1) is 6.61 Å². The first kappa shape index (κ1) is 20.8. The van der Waals surface area contributed by atoms with Gasteiger partial charge in [-0.25, -0.2) is 4.79 Å². The largest absolute Gasteiger partial charge is 0.480 e. The van der Waals surface area contributed by atoms with Gasteiger partial charge in [-0.15, -0.1) is 0 Å². The maximum Gasteiger partial charge on any atom is 0.351 e. The summed E-state index contributed by atoms with van der Waals surface area (Å²) < 4.78 is 33.4. The number of nitrogens with two attached hydrogens (primary N) is 1. The van der Waals surface area contributed by atoms with E-state index in [9.17, 15) is 28.3 Å². The van der Waals surface area contributed by atoms with Crippen LogP contribution in [-0.4, -0.2) is 67.5 Å². The van der Waals surface area contributed by atoms with Crippen molar-refractivity contribution in [3.63, 3.8) is 0 Å². The molecule has 0 aromatic carbocycles. The third kappa shape index (κ3) is 4.44. The van der Waals surface area contributed by atoms with Gasteiger partial charge in [-0.05, 0) is 12.5 Å². The maximum absolute atomic E-state index is 14.1. The Morgan fingerprint density at radius 1 is 1.48 bits per heavy atom. The van der Waals surface area contributed by atoms with Crippen molar-refractivity contribution in [2.45, 2.75) is 43.2 Å². The molecule has 13 heteroatoms. The van der Waals surface area contributed by atoms with Crippen LogP contribution >= 0.6 is 0 Å². The lowest BCUT2D eigenvalue weighted by atomic mass is 10.1. The number of nitrogens with one attached hydrogen (secondary N) is 1. The third-order valence-corrected chi connectivity index (χ3v) is 3.91. The van der Waals surface area contributed by atoms with Crippen molar-refractivity contribution >= 4 is 17.7 Å². The van der Waals surface area contributed by atoms with Crippen LogP contribution in [-0.2, 0) is 14.3 Å². The van der Waals surface area contributed by atoms with E-state index >= 15 is 0 Å². The minimum atomic E-state index is -3.85. The van der Waals surface area contributed by atoms with E-state index in [-0.39, 0.29) is 18.7 Å². The van der Waals surface area contributed by atoms with Crippen LogP contribution in [0.5, 0.6) is 0 Å². The minimum absolute atomic E-state index is 0.152. The topological polar surface area (TPSA) is 177 Å². The molecule has 150 valence electrons. The summed E-state index contributed by atoms with van der Waals surface area (Å²) >= 11 is 0. The average Bonchev–Trinajstić information content (AvgIpc) is 2.82. The number of carboxylic acid groups (broad SMARTS) is 1. The van der Waals surface area contributed by atoms with Gasteiger partial charge in [0.2, 0.25) is 12.1 Å². The van der Waals surface area contributed by atoms with Gasteiger partial charge >= 0.3 is 17.6 Å². The number of amides is 1. The Labute approximate surface area is 150 Å². The second-order valence-electron chi connectivity index (χ2n) is 5.86. The highest BCUT2D eigenvalue weighted by molar-refractivity contribution is 5.90. The van der Waals surface area contributed by atoms with Crippen molar-refractivity contribution < 1.29 is 38.4 Å².